The summed E-state index contributed by atoms with van der Waals surface area (Å²) < 4.78 is 64.0. The van der Waals surface area contributed by atoms with Crippen molar-refractivity contribution in [1.29, 1.82) is 0 Å². The van der Waals surface area contributed by atoms with E-state index in [2.05, 4.69) is 15.9 Å². The molecule has 116 valence electrons. The highest BCUT2D eigenvalue weighted by molar-refractivity contribution is 9.10. The molecule has 1 aliphatic heterocycles. The molecule has 0 unspecified atom stereocenters. The van der Waals surface area contributed by atoms with Gasteiger partial charge in [-0.05, 0) is 47.0 Å². The van der Waals surface area contributed by atoms with E-state index in [1.54, 1.807) is 12.1 Å². The van der Waals surface area contributed by atoms with Crippen molar-refractivity contribution in [3.05, 3.63) is 39.9 Å². The molecule has 8 heteroatoms. The van der Waals surface area contributed by atoms with Crippen LogP contribution in [0.1, 0.15) is 12.0 Å². The number of benzene rings is 1. The Morgan fingerprint density at radius 1 is 1.29 bits per heavy atom. The molecule has 0 saturated carbocycles. The highest BCUT2D eigenvalue weighted by Crippen LogP contribution is 2.33. The van der Waals surface area contributed by atoms with Crippen LogP contribution in [0.15, 0.2) is 39.2 Å². The molecule has 3 nitrogen and oxygen atoms in total. The van der Waals surface area contributed by atoms with Crippen molar-refractivity contribution in [1.82, 2.24) is 4.31 Å². The second-order valence-corrected chi connectivity index (χ2v) is 7.53. The lowest BCUT2D eigenvalue weighted by Crippen LogP contribution is -2.36. The van der Waals surface area contributed by atoms with Gasteiger partial charge in [0.05, 0.1) is 4.90 Å². The van der Waals surface area contributed by atoms with Crippen LogP contribution in [0.3, 0.4) is 0 Å². The highest BCUT2D eigenvalue weighted by atomic mass is 79.9. The van der Waals surface area contributed by atoms with E-state index in [0.717, 1.165) is 15.9 Å². The second kappa shape index (κ2) is 5.73. The van der Waals surface area contributed by atoms with E-state index in [-0.39, 0.29) is 24.4 Å². The largest absolute Gasteiger partial charge is 0.412 e. The van der Waals surface area contributed by atoms with Gasteiger partial charge >= 0.3 is 6.18 Å². The summed E-state index contributed by atoms with van der Waals surface area (Å²) in [5.74, 6) is 0. The number of alkyl halides is 3. The molecule has 0 aliphatic carbocycles. The lowest BCUT2D eigenvalue weighted by atomic mass is 10.1. The van der Waals surface area contributed by atoms with Crippen LogP contribution in [0.5, 0.6) is 0 Å². The number of nitrogens with zero attached hydrogens (tertiary/aromatic N) is 1. The first-order valence-electron chi connectivity index (χ1n) is 6.15. The topological polar surface area (TPSA) is 37.4 Å². The summed E-state index contributed by atoms with van der Waals surface area (Å²) in [5.41, 5.74) is 0.218. The Kier molecular flexibility index (Phi) is 4.51. The van der Waals surface area contributed by atoms with Crippen molar-refractivity contribution in [2.45, 2.75) is 24.4 Å². The first-order chi connectivity index (χ1) is 9.62. The summed E-state index contributed by atoms with van der Waals surface area (Å²) in [6.45, 7) is 1.38. The number of rotatable bonds is 2. The Balaban J connectivity index is 2.29. The van der Waals surface area contributed by atoms with Gasteiger partial charge in [0.2, 0.25) is 10.0 Å². The molecular weight excluding hydrogens is 371 g/mol. The van der Waals surface area contributed by atoms with Gasteiger partial charge in [-0.15, -0.1) is 0 Å². The van der Waals surface area contributed by atoms with Crippen LogP contribution in [-0.4, -0.2) is 32.0 Å². The summed E-state index contributed by atoms with van der Waals surface area (Å²) in [6.07, 6.45) is -3.78. The maximum absolute atomic E-state index is 12.6. The van der Waals surface area contributed by atoms with E-state index >= 15 is 0 Å². The summed E-state index contributed by atoms with van der Waals surface area (Å²) in [6, 6.07) is 4.77. The van der Waals surface area contributed by atoms with E-state index < -0.39 is 21.8 Å². The van der Waals surface area contributed by atoms with Crippen molar-refractivity contribution in [2.24, 2.45) is 0 Å². The molecule has 21 heavy (non-hydrogen) atoms. The molecule has 0 bridgehead atoms. The SMILES string of the molecule is Cc1ccc(S(=O)(=O)N2CC=C(C(F)(F)F)CC2)c(Br)c1. The first kappa shape index (κ1) is 16.5. The molecule has 2 rings (SSSR count). The van der Waals surface area contributed by atoms with Gasteiger partial charge in [0.25, 0.3) is 0 Å². The fourth-order valence-electron chi connectivity index (χ4n) is 2.08. The van der Waals surface area contributed by atoms with Crippen molar-refractivity contribution in [3.63, 3.8) is 0 Å². The first-order valence-corrected chi connectivity index (χ1v) is 8.38. The Morgan fingerprint density at radius 2 is 1.95 bits per heavy atom. The van der Waals surface area contributed by atoms with Crippen LogP contribution in [0, 0.1) is 6.92 Å². The van der Waals surface area contributed by atoms with Crippen LogP contribution in [-0.2, 0) is 10.0 Å². The minimum absolute atomic E-state index is 0.0666. The normalized spacial score (nSPS) is 17.7. The summed E-state index contributed by atoms with van der Waals surface area (Å²) in [5, 5.41) is 0. The van der Waals surface area contributed by atoms with Crippen molar-refractivity contribution in [3.8, 4) is 0 Å². The fraction of sp³-hybridized carbons (Fsp3) is 0.385. The van der Waals surface area contributed by atoms with Crippen molar-refractivity contribution in [2.75, 3.05) is 13.1 Å². The van der Waals surface area contributed by atoms with Gasteiger partial charge in [-0.25, -0.2) is 8.42 Å². The minimum Gasteiger partial charge on any atom is -0.207 e. The maximum Gasteiger partial charge on any atom is 0.412 e. The number of sulfonamides is 1. The van der Waals surface area contributed by atoms with E-state index in [0.29, 0.717) is 4.47 Å². The molecule has 0 amide bonds. The van der Waals surface area contributed by atoms with E-state index in [4.69, 9.17) is 0 Å². The predicted octanol–water partition coefficient (Wildman–Crippen LogP) is 3.64. The minimum atomic E-state index is -4.39. The van der Waals surface area contributed by atoms with E-state index in [9.17, 15) is 21.6 Å². The Bertz CT molecular complexity index is 683. The van der Waals surface area contributed by atoms with Gasteiger partial charge in [-0.1, -0.05) is 12.1 Å². The molecular formula is C13H13BrF3NO2S. The predicted molar refractivity (Wildman–Crippen MR) is 76.4 cm³/mol. The fourth-order valence-corrected chi connectivity index (χ4v) is 4.61. The van der Waals surface area contributed by atoms with Crippen LogP contribution in [0.4, 0.5) is 13.2 Å². The van der Waals surface area contributed by atoms with Crippen LogP contribution < -0.4 is 0 Å². The molecule has 1 heterocycles. The zero-order chi connectivity index (χ0) is 15.8. The zero-order valence-corrected chi connectivity index (χ0v) is 13.5. The molecule has 0 N–H and O–H groups in total. The average Bonchev–Trinajstić information content (AvgIpc) is 2.37. The van der Waals surface area contributed by atoms with Crippen LogP contribution in [0.25, 0.3) is 0 Å². The Hall–Kier alpha value is -0.860. The Labute approximate surface area is 129 Å². The molecule has 0 atom stereocenters. The lowest BCUT2D eigenvalue weighted by Gasteiger charge is -2.27. The number of hydrogen-bond donors (Lipinski definition) is 0. The molecule has 1 aliphatic rings. The van der Waals surface area contributed by atoms with E-state index in [1.807, 2.05) is 6.92 Å². The van der Waals surface area contributed by atoms with Gasteiger partial charge in [0.1, 0.15) is 0 Å². The quantitative estimate of drug-likeness (QED) is 0.731. The number of aryl methyl sites for hydroxylation is 1. The van der Waals surface area contributed by atoms with Crippen LogP contribution >= 0.6 is 15.9 Å². The third kappa shape index (κ3) is 3.49. The monoisotopic (exact) mass is 383 g/mol. The standard InChI is InChI=1S/C13H13BrF3NO2S/c1-9-2-3-12(11(14)8-9)21(19,20)18-6-4-10(5-7-18)13(15,16)17/h2-4,8H,5-7H2,1H3. The highest BCUT2D eigenvalue weighted by Gasteiger charge is 2.37. The molecule has 0 aromatic heterocycles. The van der Waals surface area contributed by atoms with Crippen molar-refractivity contribution < 1.29 is 21.6 Å². The molecule has 0 fully saturated rings. The van der Waals surface area contributed by atoms with E-state index in [1.165, 1.54) is 6.07 Å². The van der Waals surface area contributed by atoms with Crippen LogP contribution in [0.2, 0.25) is 0 Å². The number of hydrogen-bond acceptors (Lipinski definition) is 2. The van der Waals surface area contributed by atoms with Gasteiger partial charge < -0.3 is 0 Å². The Morgan fingerprint density at radius 3 is 2.43 bits per heavy atom. The smallest absolute Gasteiger partial charge is 0.207 e. The zero-order valence-electron chi connectivity index (χ0n) is 11.1. The van der Waals surface area contributed by atoms with Gasteiger partial charge in [-0.3, -0.25) is 0 Å². The third-order valence-corrected chi connectivity index (χ3v) is 6.08. The van der Waals surface area contributed by atoms with Gasteiger partial charge in [0, 0.05) is 23.1 Å². The molecule has 0 spiro atoms. The molecule has 0 radical (unpaired) electrons. The maximum atomic E-state index is 12.6. The number of halogens is 4. The average molecular weight is 384 g/mol. The summed E-state index contributed by atoms with van der Waals surface area (Å²) in [4.78, 5) is 0.0666. The lowest BCUT2D eigenvalue weighted by molar-refractivity contribution is -0.0953. The molecule has 0 saturated heterocycles. The third-order valence-electron chi connectivity index (χ3n) is 3.24. The summed E-state index contributed by atoms with van der Waals surface area (Å²) >= 11 is 3.19. The molecule has 1 aromatic carbocycles. The van der Waals surface area contributed by atoms with Crippen molar-refractivity contribution >= 4 is 26.0 Å². The summed E-state index contributed by atoms with van der Waals surface area (Å²) in [7, 11) is -3.80. The van der Waals surface area contributed by atoms with Gasteiger partial charge in [0.15, 0.2) is 0 Å². The van der Waals surface area contributed by atoms with Gasteiger partial charge in [-0.2, -0.15) is 17.5 Å². The molecule has 1 aromatic rings. The second-order valence-electron chi connectivity index (χ2n) is 4.77.